The second kappa shape index (κ2) is 7.22. The zero-order chi connectivity index (χ0) is 15.2. The number of methoxy groups -OCH3 is 1. The summed E-state index contributed by atoms with van der Waals surface area (Å²) in [6, 6.07) is 8.07. The minimum Gasteiger partial charge on any atom is -0.383 e. The summed E-state index contributed by atoms with van der Waals surface area (Å²) in [6.07, 6.45) is 0.719. The van der Waals surface area contributed by atoms with E-state index in [9.17, 15) is 4.79 Å². The number of para-hydroxylation sites is 2. The topological polar surface area (TPSA) is 56.1 Å². The fraction of sp³-hybridized carbons (Fsp3) is 0.500. The Bertz CT molecular complexity index is 605. The number of hydrogen-bond acceptors (Lipinski definition) is 3. The van der Waals surface area contributed by atoms with E-state index in [2.05, 4.69) is 20.9 Å². The average Bonchev–Trinajstić information content (AvgIpc) is 2.82. The summed E-state index contributed by atoms with van der Waals surface area (Å²) in [4.78, 5) is 16.3. The zero-order valence-electron chi connectivity index (χ0n) is 12.9. The maximum Gasteiger partial charge on any atom is 0.222 e. The van der Waals surface area contributed by atoms with Crippen LogP contribution in [0.5, 0.6) is 0 Å². The summed E-state index contributed by atoms with van der Waals surface area (Å²) in [5, 5.41) is 2.93. The summed E-state index contributed by atoms with van der Waals surface area (Å²) < 4.78 is 7.34. The number of hydrogen-bond donors (Lipinski definition) is 1. The Morgan fingerprint density at radius 2 is 2.14 bits per heavy atom. The fourth-order valence-corrected chi connectivity index (χ4v) is 2.25. The molecule has 0 saturated heterocycles. The van der Waals surface area contributed by atoms with Gasteiger partial charge in [-0.2, -0.15) is 0 Å². The molecule has 1 heterocycles. The minimum atomic E-state index is 0.0114. The molecule has 2 aromatic rings. The minimum absolute atomic E-state index is 0.0114. The summed E-state index contributed by atoms with van der Waals surface area (Å²) >= 11 is 0. The Morgan fingerprint density at radius 3 is 2.86 bits per heavy atom. The van der Waals surface area contributed by atoms with Crippen LogP contribution in [0.3, 0.4) is 0 Å². The van der Waals surface area contributed by atoms with Crippen molar-refractivity contribution in [1.29, 1.82) is 0 Å². The van der Waals surface area contributed by atoms with Gasteiger partial charge in [-0.15, -0.1) is 0 Å². The molecule has 5 nitrogen and oxygen atoms in total. The van der Waals surface area contributed by atoms with Gasteiger partial charge in [0.15, 0.2) is 0 Å². The van der Waals surface area contributed by atoms with E-state index < -0.39 is 0 Å². The Kier molecular flexibility index (Phi) is 5.33. The van der Waals surface area contributed by atoms with Gasteiger partial charge in [-0.1, -0.05) is 26.0 Å². The molecule has 114 valence electrons. The van der Waals surface area contributed by atoms with E-state index in [1.54, 1.807) is 7.11 Å². The van der Waals surface area contributed by atoms with Gasteiger partial charge < -0.3 is 14.6 Å². The number of ether oxygens (including phenoxy) is 1. The molecule has 0 aliphatic heterocycles. The molecule has 21 heavy (non-hydrogen) atoms. The first-order valence-corrected chi connectivity index (χ1v) is 7.34. The lowest BCUT2D eigenvalue weighted by Crippen LogP contribution is -2.30. The highest BCUT2D eigenvalue weighted by Crippen LogP contribution is 2.16. The third kappa shape index (κ3) is 3.82. The van der Waals surface area contributed by atoms with Crippen molar-refractivity contribution in [3.8, 4) is 0 Å². The molecule has 1 aromatic heterocycles. The van der Waals surface area contributed by atoms with Crippen LogP contribution in [-0.4, -0.2) is 35.7 Å². The molecule has 2 rings (SSSR count). The summed E-state index contributed by atoms with van der Waals surface area (Å²) in [5.74, 6) is 1.07. The number of rotatable bonds is 7. The summed E-state index contributed by atoms with van der Waals surface area (Å²) in [6.45, 7) is 5.80. The molecule has 1 N–H and O–H groups in total. The lowest BCUT2D eigenvalue weighted by molar-refractivity contribution is -0.123. The highest BCUT2D eigenvalue weighted by atomic mass is 16.5. The number of imidazole rings is 1. The van der Waals surface area contributed by atoms with Gasteiger partial charge >= 0.3 is 0 Å². The Hall–Kier alpha value is -1.88. The standard InChI is InChI=1S/C16H23N3O2/c1-12(2)16(20)17-9-8-15-18-13-6-4-5-7-14(13)19(15)10-11-21-3/h4-7,12H,8-11H2,1-3H3,(H,17,20). The number of aromatic nitrogens is 2. The number of carbonyl (C=O) groups excluding carboxylic acids is 1. The van der Waals surface area contributed by atoms with Gasteiger partial charge in [0.05, 0.1) is 17.6 Å². The molecule has 0 spiro atoms. The molecule has 0 unspecified atom stereocenters. The van der Waals surface area contributed by atoms with Crippen molar-refractivity contribution in [2.45, 2.75) is 26.8 Å². The van der Waals surface area contributed by atoms with Gasteiger partial charge in [0.25, 0.3) is 0 Å². The second-order valence-corrected chi connectivity index (χ2v) is 5.36. The zero-order valence-corrected chi connectivity index (χ0v) is 12.9. The van der Waals surface area contributed by atoms with Crippen LogP contribution >= 0.6 is 0 Å². The predicted molar refractivity (Wildman–Crippen MR) is 83.2 cm³/mol. The van der Waals surface area contributed by atoms with Gasteiger partial charge in [0.2, 0.25) is 5.91 Å². The molecule has 0 radical (unpaired) electrons. The number of carbonyl (C=O) groups is 1. The Morgan fingerprint density at radius 1 is 1.38 bits per heavy atom. The molecule has 0 aliphatic rings. The first kappa shape index (κ1) is 15.5. The molecule has 1 aromatic carbocycles. The van der Waals surface area contributed by atoms with Crippen LogP contribution in [0, 0.1) is 5.92 Å². The second-order valence-electron chi connectivity index (χ2n) is 5.36. The van der Waals surface area contributed by atoms with E-state index in [0.29, 0.717) is 13.2 Å². The van der Waals surface area contributed by atoms with Crippen molar-refractivity contribution in [2.24, 2.45) is 5.92 Å². The van der Waals surface area contributed by atoms with Crippen molar-refractivity contribution in [3.63, 3.8) is 0 Å². The van der Waals surface area contributed by atoms with Crippen molar-refractivity contribution < 1.29 is 9.53 Å². The summed E-state index contributed by atoms with van der Waals surface area (Å²) in [5.41, 5.74) is 2.10. The first-order chi connectivity index (χ1) is 10.1. The maximum atomic E-state index is 11.6. The highest BCUT2D eigenvalue weighted by Gasteiger charge is 2.11. The van der Waals surface area contributed by atoms with Crippen LogP contribution in [0.1, 0.15) is 19.7 Å². The predicted octanol–water partition coefficient (Wildman–Crippen LogP) is 2.00. The van der Waals surface area contributed by atoms with E-state index in [4.69, 9.17) is 4.74 Å². The van der Waals surface area contributed by atoms with E-state index in [1.807, 2.05) is 32.0 Å². The number of fused-ring (bicyclic) bond motifs is 1. The third-order valence-electron chi connectivity index (χ3n) is 3.42. The van der Waals surface area contributed by atoms with Crippen LogP contribution in [0.4, 0.5) is 0 Å². The monoisotopic (exact) mass is 289 g/mol. The van der Waals surface area contributed by atoms with Crippen LogP contribution in [0.15, 0.2) is 24.3 Å². The normalized spacial score (nSPS) is 11.2. The first-order valence-electron chi connectivity index (χ1n) is 7.34. The van der Waals surface area contributed by atoms with Crippen molar-refractivity contribution >= 4 is 16.9 Å². The molecule has 0 saturated carbocycles. The highest BCUT2D eigenvalue weighted by molar-refractivity contribution is 5.78. The number of amides is 1. The van der Waals surface area contributed by atoms with Gasteiger partial charge in [0, 0.05) is 32.5 Å². The van der Waals surface area contributed by atoms with Crippen molar-refractivity contribution in [3.05, 3.63) is 30.1 Å². The van der Waals surface area contributed by atoms with Crippen molar-refractivity contribution in [2.75, 3.05) is 20.3 Å². The van der Waals surface area contributed by atoms with Gasteiger partial charge in [0.1, 0.15) is 5.82 Å². The van der Waals surface area contributed by atoms with Gasteiger partial charge in [-0.25, -0.2) is 4.98 Å². The molecule has 0 bridgehead atoms. The van der Waals surface area contributed by atoms with Gasteiger partial charge in [-0.05, 0) is 12.1 Å². The Balaban J connectivity index is 2.12. The van der Waals surface area contributed by atoms with Crippen LogP contribution in [0.25, 0.3) is 11.0 Å². The number of nitrogens with one attached hydrogen (secondary N) is 1. The smallest absolute Gasteiger partial charge is 0.222 e. The SMILES string of the molecule is COCCn1c(CCNC(=O)C(C)C)nc2ccccc21. The maximum absolute atomic E-state index is 11.6. The number of benzene rings is 1. The van der Waals surface area contributed by atoms with Gasteiger partial charge in [-0.3, -0.25) is 4.79 Å². The van der Waals surface area contributed by atoms with E-state index in [0.717, 1.165) is 29.8 Å². The Labute approximate surface area is 125 Å². The lowest BCUT2D eigenvalue weighted by Gasteiger charge is -2.10. The van der Waals surface area contributed by atoms with Crippen LogP contribution in [-0.2, 0) is 22.5 Å². The largest absolute Gasteiger partial charge is 0.383 e. The van der Waals surface area contributed by atoms with E-state index in [1.165, 1.54) is 0 Å². The quantitative estimate of drug-likeness (QED) is 0.848. The van der Waals surface area contributed by atoms with Crippen molar-refractivity contribution in [1.82, 2.24) is 14.9 Å². The molecular weight excluding hydrogens is 266 g/mol. The summed E-state index contributed by atoms with van der Waals surface area (Å²) in [7, 11) is 1.70. The molecule has 0 fully saturated rings. The van der Waals surface area contributed by atoms with E-state index in [-0.39, 0.29) is 11.8 Å². The van der Waals surface area contributed by atoms with Crippen LogP contribution < -0.4 is 5.32 Å². The molecular formula is C16H23N3O2. The number of nitrogens with zero attached hydrogens (tertiary/aromatic N) is 2. The molecule has 0 atom stereocenters. The average molecular weight is 289 g/mol. The van der Waals surface area contributed by atoms with Crippen LogP contribution in [0.2, 0.25) is 0 Å². The third-order valence-corrected chi connectivity index (χ3v) is 3.42. The fourth-order valence-electron chi connectivity index (χ4n) is 2.25. The molecule has 0 aliphatic carbocycles. The molecule has 1 amide bonds. The van der Waals surface area contributed by atoms with E-state index >= 15 is 0 Å². The lowest BCUT2D eigenvalue weighted by atomic mass is 10.2. The molecule has 5 heteroatoms.